The van der Waals surface area contributed by atoms with Gasteiger partial charge in [0.05, 0.1) is 21.1 Å². The number of hydrogen-bond acceptors (Lipinski definition) is 4. The van der Waals surface area contributed by atoms with Gasteiger partial charge in [-0.2, -0.15) is 4.31 Å². The summed E-state index contributed by atoms with van der Waals surface area (Å²) in [6, 6.07) is 11.9. The number of carbonyl (C=O) groups is 1. The van der Waals surface area contributed by atoms with E-state index in [1.54, 1.807) is 41.4 Å². The van der Waals surface area contributed by atoms with Crippen LogP contribution in [0.25, 0.3) is 10.9 Å². The molecule has 0 unspecified atom stereocenters. The highest BCUT2D eigenvalue weighted by Crippen LogP contribution is 2.28. The summed E-state index contributed by atoms with van der Waals surface area (Å²) in [7, 11) is -3.74. The molecule has 2 aromatic carbocycles. The summed E-state index contributed by atoms with van der Waals surface area (Å²) in [5.41, 5.74) is 1.73. The first-order chi connectivity index (χ1) is 14.3. The number of nitrogens with zero attached hydrogens (tertiary/aromatic N) is 3. The van der Waals surface area contributed by atoms with Crippen molar-refractivity contribution in [3.05, 3.63) is 69.8 Å². The Morgan fingerprint density at radius 2 is 1.73 bits per heavy atom. The summed E-state index contributed by atoms with van der Waals surface area (Å²) >= 11 is 12.2. The van der Waals surface area contributed by atoms with Crippen LogP contribution < -0.4 is 0 Å². The maximum Gasteiger partial charge on any atom is 0.255 e. The van der Waals surface area contributed by atoms with E-state index >= 15 is 0 Å². The molecule has 9 heteroatoms. The van der Waals surface area contributed by atoms with Gasteiger partial charge in [-0.25, -0.2) is 8.42 Å². The molecule has 156 valence electrons. The van der Waals surface area contributed by atoms with Crippen molar-refractivity contribution in [1.82, 2.24) is 14.2 Å². The summed E-state index contributed by atoms with van der Waals surface area (Å²) in [6.45, 7) is 2.81. The Labute approximate surface area is 185 Å². The van der Waals surface area contributed by atoms with Crippen LogP contribution in [-0.2, 0) is 10.0 Å². The average Bonchev–Trinajstić information content (AvgIpc) is 2.74. The van der Waals surface area contributed by atoms with Gasteiger partial charge in [-0.05, 0) is 36.8 Å². The predicted octanol–water partition coefficient (Wildman–Crippen LogP) is 4.00. The minimum atomic E-state index is -3.74. The molecule has 0 saturated carbocycles. The highest BCUT2D eigenvalue weighted by Gasteiger charge is 2.32. The fourth-order valence-corrected chi connectivity index (χ4v) is 5.53. The number of rotatable bonds is 3. The third-order valence-corrected chi connectivity index (χ3v) is 7.89. The van der Waals surface area contributed by atoms with E-state index in [2.05, 4.69) is 4.98 Å². The number of hydrogen-bond donors (Lipinski definition) is 0. The number of para-hydroxylation sites is 1. The van der Waals surface area contributed by atoms with Gasteiger partial charge in [0.1, 0.15) is 4.90 Å². The number of carbonyl (C=O) groups excluding carboxylic acids is 1. The maximum absolute atomic E-state index is 13.3. The van der Waals surface area contributed by atoms with Gasteiger partial charge in [0.25, 0.3) is 5.91 Å². The topological polar surface area (TPSA) is 70.6 Å². The van der Waals surface area contributed by atoms with Crippen molar-refractivity contribution in [3.8, 4) is 0 Å². The van der Waals surface area contributed by atoms with E-state index < -0.39 is 10.0 Å². The van der Waals surface area contributed by atoms with Crippen LogP contribution in [0.15, 0.2) is 53.6 Å². The molecular formula is C21H19Cl2N3O3S. The van der Waals surface area contributed by atoms with Crippen LogP contribution in [0.4, 0.5) is 0 Å². The van der Waals surface area contributed by atoms with Crippen molar-refractivity contribution in [1.29, 1.82) is 0 Å². The van der Waals surface area contributed by atoms with Crippen molar-refractivity contribution in [2.45, 2.75) is 11.8 Å². The van der Waals surface area contributed by atoms with Gasteiger partial charge >= 0.3 is 0 Å². The van der Waals surface area contributed by atoms with E-state index in [0.29, 0.717) is 16.1 Å². The number of pyridine rings is 1. The molecule has 0 atom stereocenters. The maximum atomic E-state index is 13.3. The van der Waals surface area contributed by atoms with E-state index in [1.165, 1.54) is 4.31 Å². The second kappa shape index (κ2) is 8.15. The number of benzene rings is 2. The van der Waals surface area contributed by atoms with Crippen LogP contribution >= 0.6 is 23.2 Å². The third-order valence-electron chi connectivity index (χ3n) is 5.14. The molecule has 0 radical (unpaired) electrons. The lowest BCUT2D eigenvalue weighted by atomic mass is 10.2. The predicted molar refractivity (Wildman–Crippen MR) is 118 cm³/mol. The first-order valence-electron chi connectivity index (χ1n) is 9.38. The highest BCUT2D eigenvalue weighted by molar-refractivity contribution is 7.89. The number of piperazine rings is 1. The minimum absolute atomic E-state index is 0.178. The summed E-state index contributed by atoms with van der Waals surface area (Å²) in [4.78, 5) is 18.9. The SMILES string of the molecule is Cc1cnc2c(S(=O)(=O)N3CCN(C(=O)c4cccc(Cl)c4Cl)CC3)cccc2c1. The molecule has 30 heavy (non-hydrogen) atoms. The number of aryl methyl sites for hydroxylation is 1. The van der Waals surface area contributed by atoms with E-state index in [-0.39, 0.29) is 42.0 Å². The lowest BCUT2D eigenvalue weighted by Crippen LogP contribution is -2.50. The van der Waals surface area contributed by atoms with Gasteiger partial charge in [0.2, 0.25) is 10.0 Å². The number of sulfonamides is 1. The molecule has 1 amide bonds. The van der Waals surface area contributed by atoms with Crippen molar-refractivity contribution in [2.75, 3.05) is 26.2 Å². The molecule has 2 heterocycles. The van der Waals surface area contributed by atoms with Gasteiger partial charge in [-0.15, -0.1) is 0 Å². The summed E-state index contributed by atoms with van der Waals surface area (Å²) in [6.07, 6.45) is 1.66. The number of halogens is 2. The normalized spacial score (nSPS) is 15.5. The van der Waals surface area contributed by atoms with Crippen LogP contribution in [0, 0.1) is 6.92 Å². The zero-order chi connectivity index (χ0) is 21.5. The first-order valence-corrected chi connectivity index (χ1v) is 11.6. The molecule has 1 aliphatic rings. The molecule has 1 aromatic heterocycles. The summed E-state index contributed by atoms with van der Waals surface area (Å²) in [5, 5.41) is 1.29. The Kier molecular flexibility index (Phi) is 5.72. The molecule has 4 rings (SSSR count). The largest absolute Gasteiger partial charge is 0.336 e. The Balaban J connectivity index is 1.55. The smallest absolute Gasteiger partial charge is 0.255 e. The standard InChI is InChI=1S/C21H19Cl2N3O3S/c1-14-12-15-4-2-7-18(20(15)24-13-14)30(28,29)26-10-8-25(9-11-26)21(27)16-5-3-6-17(22)19(16)23/h2-7,12-13H,8-11H2,1H3. The average molecular weight is 464 g/mol. The van der Waals surface area contributed by atoms with Gasteiger partial charge in [0, 0.05) is 37.8 Å². The van der Waals surface area contributed by atoms with E-state index in [0.717, 1.165) is 10.9 Å². The quantitative estimate of drug-likeness (QED) is 0.588. The second-order valence-electron chi connectivity index (χ2n) is 7.14. The molecule has 1 aliphatic heterocycles. The van der Waals surface area contributed by atoms with Crippen LogP contribution in [0.3, 0.4) is 0 Å². The second-order valence-corrected chi connectivity index (χ2v) is 9.83. The minimum Gasteiger partial charge on any atom is -0.336 e. The van der Waals surface area contributed by atoms with Gasteiger partial charge in [-0.1, -0.05) is 41.4 Å². The van der Waals surface area contributed by atoms with Gasteiger partial charge < -0.3 is 4.90 Å². The van der Waals surface area contributed by atoms with Crippen molar-refractivity contribution in [3.63, 3.8) is 0 Å². The third kappa shape index (κ3) is 3.78. The van der Waals surface area contributed by atoms with Crippen LogP contribution in [0.2, 0.25) is 10.0 Å². The molecule has 0 bridgehead atoms. The number of fused-ring (bicyclic) bond motifs is 1. The highest BCUT2D eigenvalue weighted by atomic mass is 35.5. The van der Waals surface area contributed by atoms with Gasteiger partial charge in [0.15, 0.2) is 0 Å². The lowest BCUT2D eigenvalue weighted by molar-refractivity contribution is 0.0698. The van der Waals surface area contributed by atoms with Crippen molar-refractivity contribution < 1.29 is 13.2 Å². The molecule has 0 aliphatic carbocycles. The fourth-order valence-electron chi connectivity index (χ4n) is 3.56. The van der Waals surface area contributed by atoms with Crippen molar-refractivity contribution in [2.24, 2.45) is 0 Å². The van der Waals surface area contributed by atoms with Gasteiger partial charge in [-0.3, -0.25) is 9.78 Å². The molecule has 1 saturated heterocycles. The molecule has 1 fully saturated rings. The Hall–Kier alpha value is -2.19. The lowest BCUT2D eigenvalue weighted by Gasteiger charge is -2.34. The van der Waals surface area contributed by atoms with E-state index in [9.17, 15) is 13.2 Å². The van der Waals surface area contributed by atoms with Crippen molar-refractivity contribution >= 4 is 50.0 Å². The molecule has 3 aromatic rings. The summed E-state index contributed by atoms with van der Waals surface area (Å²) in [5.74, 6) is -0.262. The van der Waals surface area contributed by atoms with Crippen LogP contribution in [-0.4, -0.2) is 54.7 Å². The zero-order valence-corrected chi connectivity index (χ0v) is 18.5. The van der Waals surface area contributed by atoms with Crippen LogP contribution in [0.1, 0.15) is 15.9 Å². The monoisotopic (exact) mass is 463 g/mol. The fraction of sp³-hybridized carbons (Fsp3) is 0.238. The molecule has 6 nitrogen and oxygen atoms in total. The number of amides is 1. The zero-order valence-electron chi connectivity index (χ0n) is 16.2. The molecule has 0 spiro atoms. The number of aromatic nitrogens is 1. The van der Waals surface area contributed by atoms with E-state index in [1.807, 2.05) is 19.1 Å². The van der Waals surface area contributed by atoms with E-state index in [4.69, 9.17) is 23.2 Å². The Morgan fingerprint density at radius 1 is 1.03 bits per heavy atom. The molecule has 0 N–H and O–H groups in total. The molecular weight excluding hydrogens is 445 g/mol. The Morgan fingerprint density at radius 3 is 2.47 bits per heavy atom. The Bertz CT molecular complexity index is 1240. The van der Waals surface area contributed by atoms with Crippen LogP contribution in [0.5, 0.6) is 0 Å². The summed E-state index contributed by atoms with van der Waals surface area (Å²) < 4.78 is 27.9. The first kappa shape index (κ1) is 21.1.